The maximum absolute atomic E-state index is 12.5. The highest BCUT2D eigenvalue weighted by molar-refractivity contribution is 5.79. The molecule has 1 N–H and O–H groups in total. The Morgan fingerprint density at radius 2 is 1.94 bits per heavy atom. The maximum Gasteiger partial charge on any atom is 0.228 e. The van der Waals surface area contributed by atoms with Crippen LogP contribution in [0.15, 0.2) is 0 Å². The number of hydrogen-bond donors (Lipinski definition) is 1. The number of ether oxygens (including phenoxy) is 1. The van der Waals surface area contributed by atoms with Gasteiger partial charge in [0, 0.05) is 19.2 Å². The van der Waals surface area contributed by atoms with Crippen molar-refractivity contribution in [1.82, 2.24) is 10.2 Å². The third-order valence-electron chi connectivity index (χ3n) is 4.46. The van der Waals surface area contributed by atoms with E-state index in [9.17, 15) is 4.79 Å². The summed E-state index contributed by atoms with van der Waals surface area (Å²) in [5.41, 5.74) is 0. The summed E-state index contributed by atoms with van der Waals surface area (Å²) in [7, 11) is 0. The Balaban J connectivity index is 1.58. The Morgan fingerprint density at radius 1 is 1.17 bits per heavy atom. The van der Waals surface area contributed by atoms with E-state index >= 15 is 0 Å². The van der Waals surface area contributed by atoms with Gasteiger partial charge in [0.15, 0.2) is 0 Å². The molecule has 4 nitrogen and oxygen atoms in total. The predicted octanol–water partition coefficient (Wildman–Crippen LogP) is 1.01. The molecular formula is C14H24N2O2. The zero-order chi connectivity index (χ0) is 12.4. The summed E-state index contributed by atoms with van der Waals surface area (Å²) in [6.07, 6.45) is 5.79. The molecule has 1 amide bonds. The van der Waals surface area contributed by atoms with Crippen molar-refractivity contribution >= 4 is 5.91 Å². The van der Waals surface area contributed by atoms with Gasteiger partial charge in [0.25, 0.3) is 0 Å². The number of nitrogens with one attached hydrogen (secondary N) is 1. The Hall–Kier alpha value is -0.610. The lowest BCUT2D eigenvalue weighted by Crippen LogP contribution is -2.43. The molecule has 3 fully saturated rings. The number of nitrogens with zero attached hydrogens (tertiary/aromatic N) is 1. The van der Waals surface area contributed by atoms with Crippen LogP contribution in [-0.4, -0.2) is 49.7 Å². The topological polar surface area (TPSA) is 41.6 Å². The highest BCUT2D eigenvalue weighted by Crippen LogP contribution is 2.31. The van der Waals surface area contributed by atoms with Gasteiger partial charge in [-0.05, 0) is 51.1 Å². The Kier molecular flexibility index (Phi) is 3.85. The Morgan fingerprint density at radius 3 is 2.56 bits per heavy atom. The number of carbonyl (C=O) groups excluding carboxylic acids is 1. The second kappa shape index (κ2) is 5.57. The molecule has 18 heavy (non-hydrogen) atoms. The summed E-state index contributed by atoms with van der Waals surface area (Å²) in [6.45, 7) is 4.63. The summed E-state index contributed by atoms with van der Waals surface area (Å²) >= 11 is 0. The van der Waals surface area contributed by atoms with E-state index in [4.69, 9.17) is 4.74 Å². The molecule has 0 radical (unpaired) electrons. The SMILES string of the molecule is O=C(C1CCOC1)N(CC1CCNCC1)C1CC1. The maximum atomic E-state index is 12.5. The van der Waals surface area contributed by atoms with Crippen LogP contribution in [-0.2, 0) is 9.53 Å². The fraction of sp³-hybridized carbons (Fsp3) is 0.929. The quantitative estimate of drug-likeness (QED) is 0.812. The molecule has 0 aromatic heterocycles. The molecule has 0 aromatic carbocycles. The Bertz CT molecular complexity index is 292. The van der Waals surface area contributed by atoms with Crippen molar-refractivity contribution in [2.24, 2.45) is 11.8 Å². The van der Waals surface area contributed by atoms with E-state index in [0.29, 0.717) is 24.5 Å². The average molecular weight is 252 g/mol. The van der Waals surface area contributed by atoms with Crippen LogP contribution in [0, 0.1) is 11.8 Å². The van der Waals surface area contributed by atoms with E-state index in [1.54, 1.807) is 0 Å². The minimum absolute atomic E-state index is 0.146. The van der Waals surface area contributed by atoms with E-state index < -0.39 is 0 Å². The third kappa shape index (κ3) is 2.86. The molecule has 2 aliphatic heterocycles. The standard InChI is InChI=1S/C14H24N2O2/c17-14(12-5-8-18-10-12)16(13-1-2-13)9-11-3-6-15-7-4-11/h11-13,15H,1-10H2. The highest BCUT2D eigenvalue weighted by atomic mass is 16.5. The molecule has 1 atom stereocenters. The second-order valence-corrected chi connectivity index (χ2v) is 5.98. The van der Waals surface area contributed by atoms with Crippen molar-refractivity contribution in [3.63, 3.8) is 0 Å². The van der Waals surface area contributed by atoms with Crippen molar-refractivity contribution < 1.29 is 9.53 Å². The highest BCUT2D eigenvalue weighted by Gasteiger charge is 2.38. The van der Waals surface area contributed by atoms with Gasteiger partial charge in [0.1, 0.15) is 0 Å². The molecule has 1 aliphatic carbocycles. The van der Waals surface area contributed by atoms with Gasteiger partial charge in [0.2, 0.25) is 5.91 Å². The lowest BCUT2D eigenvalue weighted by molar-refractivity contribution is -0.136. The van der Waals surface area contributed by atoms with Crippen LogP contribution in [0.5, 0.6) is 0 Å². The fourth-order valence-electron chi connectivity index (χ4n) is 3.11. The fourth-order valence-corrected chi connectivity index (χ4v) is 3.11. The minimum atomic E-state index is 0.146. The number of rotatable bonds is 4. The summed E-state index contributed by atoms with van der Waals surface area (Å²) < 4.78 is 5.36. The second-order valence-electron chi connectivity index (χ2n) is 5.98. The lowest BCUT2D eigenvalue weighted by atomic mass is 9.96. The molecule has 3 aliphatic rings. The molecule has 0 bridgehead atoms. The molecule has 0 spiro atoms. The molecule has 2 heterocycles. The minimum Gasteiger partial charge on any atom is -0.381 e. The van der Waals surface area contributed by atoms with E-state index in [2.05, 4.69) is 10.2 Å². The summed E-state index contributed by atoms with van der Waals surface area (Å²) in [5, 5.41) is 3.39. The van der Waals surface area contributed by atoms with Gasteiger partial charge in [-0.2, -0.15) is 0 Å². The van der Waals surface area contributed by atoms with E-state index in [1.807, 2.05) is 0 Å². The summed E-state index contributed by atoms with van der Waals surface area (Å²) in [5.74, 6) is 1.22. The van der Waals surface area contributed by atoms with Crippen LogP contribution in [0.4, 0.5) is 0 Å². The van der Waals surface area contributed by atoms with Gasteiger partial charge in [-0.1, -0.05) is 0 Å². The van der Waals surface area contributed by atoms with E-state index in [1.165, 1.54) is 25.7 Å². The zero-order valence-corrected chi connectivity index (χ0v) is 11.1. The van der Waals surface area contributed by atoms with Crippen LogP contribution in [0.2, 0.25) is 0 Å². The smallest absolute Gasteiger partial charge is 0.228 e. The normalized spacial score (nSPS) is 29.4. The van der Waals surface area contributed by atoms with Crippen molar-refractivity contribution in [3.8, 4) is 0 Å². The van der Waals surface area contributed by atoms with Gasteiger partial charge >= 0.3 is 0 Å². The first-order valence-electron chi connectivity index (χ1n) is 7.43. The van der Waals surface area contributed by atoms with Crippen LogP contribution in [0.25, 0.3) is 0 Å². The predicted molar refractivity (Wildman–Crippen MR) is 69.3 cm³/mol. The Labute approximate surface area is 109 Å². The number of piperidine rings is 1. The van der Waals surface area contributed by atoms with Gasteiger partial charge in [0.05, 0.1) is 12.5 Å². The van der Waals surface area contributed by atoms with Crippen molar-refractivity contribution in [1.29, 1.82) is 0 Å². The van der Waals surface area contributed by atoms with E-state index in [0.717, 1.165) is 32.7 Å². The number of carbonyl (C=O) groups is 1. The lowest BCUT2D eigenvalue weighted by Gasteiger charge is -2.31. The molecule has 0 aromatic rings. The van der Waals surface area contributed by atoms with Crippen LogP contribution in [0.3, 0.4) is 0 Å². The summed E-state index contributed by atoms with van der Waals surface area (Å²) in [6, 6.07) is 0.549. The van der Waals surface area contributed by atoms with Crippen LogP contribution < -0.4 is 5.32 Å². The first kappa shape index (κ1) is 12.4. The third-order valence-corrected chi connectivity index (χ3v) is 4.46. The number of amides is 1. The molecular weight excluding hydrogens is 228 g/mol. The molecule has 2 saturated heterocycles. The first-order chi connectivity index (χ1) is 8.84. The van der Waals surface area contributed by atoms with Gasteiger partial charge < -0.3 is 15.0 Å². The molecule has 1 saturated carbocycles. The van der Waals surface area contributed by atoms with E-state index in [-0.39, 0.29) is 5.92 Å². The molecule has 4 heteroatoms. The van der Waals surface area contributed by atoms with Crippen molar-refractivity contribution in [2.45, 2.75) is 38.1 Å². The van der Waals surface area contributed by atoms with Crippen LogP contribution >= 0.6 is 0 Å². The zero-order valence-electron chi connectivity index (χ0n) is 11.1. The van der Waals surface area contributed by atoms with Crippen molar-refractivity contribution in [2.75, 3.05) is 32.8 Å². The largest absolute Gasteiger partial charge is 0.381 e. The molecule has 3 rings (SSSR count). The molecule has 102 valence electrons. The first-order valence-corrected chi connectivity index (χ1v) is 7.43. The van der Waals surface area contributed by atoms with Gasteiger partial charge in [-0.15, -0.1) is 0 Å². The summed E-state index contributed by atoms with van der Waals surface area (Å²) in [4.78, 5) is 14.7. The number of hydrogen-bond acceptors (Lipinski definition) is 3. The average Bonchev–Trinajstić information content (AvgIpc) is 3.10. The monoisotopic (exact) mass is 252 g/mol. The van der Waals surface area contributed by atoms with Gasteiger partial charge in [-0.3, -0.25) is 4.79 Å². The van der Waals surface area contributed by atoms with Gasteiger partial charge in [-0.25, -0.2) is 0 Å². The van der Waals surface area contributed by atoms with Crippen molar-refractivity contribution in [3.05, 3.63) is 0 Å². The van der Waals surface area contributed by atoms with Crippen LogP contribution in [0.1, 0.15) is 32.1 Å². The molecule has 1 unspecified atom stereocenters.